The van der Waals surface area contributed by atoms with Gasteiger partial charge in [-0.2, -0.15) is 0 Å². The summed E-state index contributed by atoms with van der Waals surface area (Å²) in [6, 6.07) is 6.38. The Morgan fingerprint density at radius 2 is 1.67 bits per heavy atom. The summed E-state index contributed by atoms with van der Waals surface area (Å²) in [6.45, 7) is 0. The van der Waals surface area contributed by atoms with Crippen LogP contribution in [0.3, 0.4) is 0 Å². The fourth-order valence-electron chi connectivity index (χ4n) is 0.654. The molecule has 0 saturated carbocycles. The van der Waals surface area contributed by atoms with E-state index in [-0.39, 0.29) is 69.9 Å². The second kappa shape index (κ2) is 7.33. The van der Waals surface area contributed by atoms with Crippen LogP contribution >= 0.6 is 12.2 Å². The maximum absolute atomic E-state index is 9.03. The summed E-state index contributed by atoms with van der Waals surface area (Å²) in [5, 5.41) is 17.5. The third-order valence-electron chi connectivity index (χ3n) is 1.13. The number of hydrogen-bond donors (Lipinski definition) is 2. The van der Waals surface area contributed by atoms with E-state index in [1.165, 1.54) is 6.07 Å². The fraction of sp³-hybridized carbons (Fsp3) is 0. The summed E-state index contributed by atoms with van der Waals surface area (Å²) in [4.78, 5) is 0. The van der Waals surface area contributed by atoms with Crippen molar-refractivity contribution in [1.29, 1.82) is 0 Å². The molecule has 2 N–H and O–H groups in total. The average molecular weight is 202 g/mol. The van der Waals surface area contributed by atoms with E-state index >= 15 is 0 Å². The molecule has 0 amide bonds. The molecule has 1 rings (SSSR count). The van der Waals surface area contributed by atoms with E-state index in [0.29, 0.717) is 5.56 Å². The zero-order valence-corrected chi connectivity index (χ0v) is 5.93. The van der Waals surface area contributed by atoms with E-state index in [1.807, 2.05) is 0 Å². The van der Waals surface area contributed by atoms with Crippen molar-refractivity contribution in [2.75, 3.05) is 0 Å². The first kappa shape index (κ1) is 15.4. The number of benzene rings is 1. The molecule has 0 bridgehead atoms. The van der Waals surface area contributed by atoms with Gasteiger partial charge in [0.2, 0.25) is 0 Å². The van der Waals surface area contributed by atoms with E-state index in [4.69, 9.17) is 10.2 Å². The van der Waals surface area contributed by atoms with E-state index in [2.05, 4.69) is 12.2 Å². The molecule has 0 aliphatic heterocycles. The van der Waals surface area contributed by atoms with Crippen molar-refractivity contribution in [3.05, 3.63) is 29.8 Å². The van der Waals surface area contributed by atoms with Gasteiger partial charge in [-0.3, -0.25) is 0 Å². The molecular weight excluding hydrogens is 194 g/mol. The molecule has 0 atom stereocenters. The monoisotopic (exact) mass is 202 g/mol. The standard InChI is InChI=1S/C7H6O2S.2Na.2H/c8-6-4-2-1-3-5(6)7(9)10;;;;/h1-4,8H,(H,9,10);;;;. The molecular formula is C7H8Na2O2S. The topological polar surface area (TPSA) is 40.5 Å². The first-order valence-corrected chi connectivity index (χ1v) is 3.14. The number of para-hydroxylation sites is 1. The summed E-state index contributed by atoms with van der Waals surface area (Å²) in [5.74, 6) is 0.00926. The van der Waals surface area contributed by atoms with Crippen molar-refractivity contribution >= 4 is 76.4 Å². The van der Waals surface area contributed by atoms with Crippen molar-refractivity contribution in [2.24, 2.45) is 0 Å². The van der Waals surface area contributed by atoms with Crippen LogP contribution in [-0.4, -0.2) is 74.4 Å². The van der Waals surface area contributed by atoms with Gasteiger partial charge < -0.3 is 10.2 Å². The summed E-state index contributed by atoms with van der Waals surface area (Å²) in [6.07, 6.45) is 0. The molecule has 5 heteroatoms. The van der Waals surface area contributed by atoms with Crippen LogP contribution in [0.25, 0.3) is 0 Å². The molecule has 0 radical (unpaired) electrons. The molecule has 1 aromatic rings. The van der Waals surface area contributed by atoms with Crippen molar-refractivity contribution in [3.8, 4) is 5.75 Å². The van der Waals surface area contributed by atoms with Gasteiger partial charge >= 0.3 is 59.1 Å². The van der Waals surface area contributed by atoms with Gasteiger partial charge in [0.15, 0.2) is 5.05 Å². The van der Waals surface area contributed by atoms with E-state index in [9.17, 15) is 0 Å². The van der Waals surface area contributed by atoms with Crippen LogP contribution in [0.4, 0.5) is 0 Å². The van der Waals surface area contributed by atoms with E-state index in [0.717, 1.165) is 0 Å². The van der Waals surface area contributed by atoms with Gasteiger partial charge in [0, 0.05) is 0 Å². The molecule has 2 nitrogen and oxygen atoms in total. The minimum absolute atomic E-state index is 0. The van der Waals surface area contributed by atoms with Gasteiger partial charge in [-0.15, -0.1) is 0 Å². The van der Waals surface area contributed by atoms with Gasteiger partial charge in [0.05, 0.1) is 5.56 Å². The van der Waals surface area contributed by atoms with Crippen LogP contribution in [-0.2, 0) is 0 Å². The molecule has 1 aromatic carbocycles. The molecule has 0 saturated heterocycles. The van der Waals surface area contributed by atoms with Crippen molar-refractivity contribution < 1.29 is 10.2 Å². The third-order valence-corrected chi connectivity index (χ3v) is 1.35. The fourth-order valence-corrected chi connectivity index (χ4v) is 0.827. The maximum atomic E-state index is 9.03. The summed E-state index contributed by atoms with van der Waals surface area (Å²) in [5.41, 5.74) is 0.303. The third kappa shape index (κ3) is 4.23. The van der Waals surface area contributed by atoms with Crippen LogP contribution in [0.15, 0.2) is 24.3 Å². The number of aromatic hydroxyl groups is 1. The molecule has 0 aromatic heterocycles. The van der Waals surface area contributed by atoms with Crippen LogP contribution in [0.5, 0.6) is 5.75 Å². The number of aliphatic hydroxyl groups excluding tert-OH is 1. The number of phenols is 1. The Morgan fingerprint density at radius 3 is 2.00 bits per heavy atom. The second-order valence-electron chi connectivity index (χ2n) is 1.82. The zero-order valence-electron chi connectivity index (χ0n) is 5.11. The number of rotatable bonds is 1. The van der Waals surface area contributed by atoms with Gasteiger partial charge in [-0.05, 0) is 24.4 Å². The molecule has 0 unspecified atom stereocenters. The average Bonchev–Trinajstić information content (AvgIpc) is 1.88. The van der Waals surface area contributed by atoms with Crippen LogP contribution in [0, 0.1) is 0 Å². The van der Waals surface area contributed by atoms with Crippen molar-refractivity contribution in [3.63, 3.8) is 0 Å². The molecule has 0 aliphatic rings. The van der Waals surface area contributed by atoms with Gasteiger partial charge in [-0.1, -0.05) is 12.1 Å². The summed E-state index contributed by atoms with van der Waals surface area (Å²) in [7, 11) is 0. The summed E-state index contributed by atoms with van der Waals surface area (Å²) < 4.78 is 0. The molecule has 56 valence electrons. The van der Waals surface area contributed by atoms with Crippen LogP contribution in [0.2, 0.25) is 0 Å². The first-order chi connectivity index (χ1) is 4.72. The number of phenolic OH excluding ortho intramolecular Hbond substituents is 1. The minimum atomic E-state index is -0.280. The SMILES string of the molecule is OC(=S)c1ccccc1O.[NaH].[NaH]. The normalized spacial score (nSPS) is 7.67. The molecule has 12 heavy (non-hydrogen) atoms. The van der Waals surface area contributed by atoms with E-state index < -0.39 is 0 Å². The molecule has 0 spiro atoms. The van der Waals surface area contributed by atoms with Crippen molar-refractivity contribution in [2.45, 2.75) is 0 Å². The number of aliphatic hydroxyl groups is 1. The Kier molecular flexibility index (Phi) is 9.39. The zero-order chi connectivity index (χ0) is 7.56. The Hall–Kier alpha value is 0.910. The molecule has 0 aliphatic carbocycles. The Morgan fingerprint density at radius 1 is 1.17 bits per heavy atom. The van der Waals surface area contributed by atoms with Gasteiger partial charge in [0.1, 0.15) is 5.75 Å². The Bertz CT molecular complexity index is 265. The first-order valence-electron chi connectivity index (χ1n) is 2.73. The molecule has 0 fully saturated rings. The predicted octanol–water partition coefficient (Wildman–Crippen LogP) is 0.329. The predicted molar refractivity (Wildman–Crippen MR) is 56.7 cm³/mol. The van der Waals surface area contributed by atoms with Crippen LogP contribution < -0.4 is 0 Å². The number of thiocarbonyl (C=S) groups is 1. The van der Waals surface area contributed by atoms with Gasteiger partial charge in [-0.25, -0.2) is 0 Å². The van der Waals surface area contributed by atoms with Crippen molar-refractivity contribution in [1.82, 2.24) is 0 Å². The quantitative estimate of drug-likeness (QED) is 0.509. The molecule has 0 heterocycles. The summed E-state index contributed by atoms with van der Waals surface area (Å²) >= 11 is 4.45. The second-order valence-corrected chi connectivity index (χ2v) is 2.21. The van der Waals surface area contributed by atoms with Crippen LogP contribution in [0.1, 0.15) is 5.56 Å². The Labute approximate surface area is 121 Å². The van der Waals surface area contributed by atoms with Gasteiger partial charge in [0.25, 0.3) is 0 Å². The number of hydrogen-bond acceptors (Lipinski definition) is 2. The Balaban J connectivity index is 0. The van der Waals surface area contributed by atoms with E-state index in [1.54, 1.807) is 18.2 Å².